The zero-order valence-corrected chi connectivity index (χ0v) is 48.5. The summed E-state index contributed by atoms with van der Waals surface area (Å²) in [6, 6.07) is 0. The number of unbranched alkanes of at least 4 members (excludes halogenated alkanes) is 35. The molecule has 0 aromatic rings. The zero-order chi connectivity index (χ0) is 50.6. The lowest BCUT2D eigenvalue weighted by atomic mass is 10.0. The first-order valence-electron chi connectivity index (χ1n) is 32.1. The summed E-state index contributed by atoms with van der Waals surface area (Å²) in [5.41, 5.74) is 0. The molecule has 0 aliphatic carbocycles. The Kier molecular flexibility index (Phi) is 50.3. The molecule has 1 fully saturated rings. The van der Waals surface area contributed by atoms with Gasteiger partial charge in [-0.05, 0) is 77.0 Å². The van der Waals surface area contributed by atoms with Gasteiger partial charge < -0.3 is 19.4 Å². The van der Waals surface area contributed by atoms with Crippen LogP contribution < -0.4 is 0 Å². The van der Waals surface area contributed by atoms with E-state index in [1.54, 1.807) is 0 Å². The van der Waals surface area contributed by atoms with E-state index in [-0.39, 0.29) is 5.97 Å². The molecule has 7 heteroatoms. The minimum Gasteiger partial charge on any atom is -0.466 e. The maximum atomic E-state index is 14.2. The van der Waals surface area contributed by atoms with Gasteiger partial charge in [0.2, 0.25) is 5.91 Å². The zero-order valence-electron chi connectivity index (χ0n) is 48.5. The third kappa shape index (κ3) is 43.2. The van der Waals surface area contributed by atoms with E-state index < -0.39 is 0 Å². The van der Waals surface area contributed by atoms with E-state index in [0.29, 0.717) is 31.4 Å². The number of amides is 1. The quantitative estimate of drug-likeness (QED) is 0.0447. The van der Waals surface area contributed by atoms with Gasteiger partial charge in [-0.1, -0.05) is 259 Å². The van der Waals surface area contributed by atoms with E-state index >= 15 is 0 Å². The molecule has 0 saturated carbocycles. The molecular weight excluding hydrogens is 861 g/mol. The highest BCUT2D eigenvalue weighted by atomic mass is 16.5. The molecule has 1 heterocycles. The molecular formula is C63H126N4O3. The molecule has 1 rings (SSSR count). The van der Waals surface area contributed by atoms with E-state index in [1.807, 2.05) is 0 Å². The van der Waals surface area contributed by atoms with Crippen molar-refractivity contribution in [2.75, 3.05) is 78.6 Å². The first-order chi connectivity index (χ1) is 34.5. The predicted octanol–water partition coefficient (Wildman–Crippen LogP) is 17.8. The minimum absolute atomic E-state index is 0.0129. The van der Waals surface area contributed by atoms with Crippen LogP contribution in [0.5, 0.6) is 0 Å². The molecule has 1 amide bonds. The van der Waals surface area contributed by atoms with E-state index in [1.165, 1.54) is 257 Å². The highest BCUT2D eigenvalue weighted by Crippen LogP contribution is 2.20. The fourth-order valence-corrected chi connectivity index (χ4v) is 10.9. The predicted molar refractivity (Wildman–Crippen MR) is 307 cm³/mol. The molecule has 0 spiro atoms. The van der Waals surface area contributed by atoms with Crippen LogP contribution in [0, 0.1) is 5.92 Å². The van der Waals surface area contributed by atoms with Crippen molar-refractivity contribution in [3.63, 3.8) is 0 Å². The first-order valence-corrected chi connectivity index (χ1v) is 32.1. The molecule has 0 aromatic carbocycles. The second-order valence-electron chi connectivity index (χ2n) is 22.6. The molecule has 1 aliphatic rings. The van der Waals surface area contributed by atoms with Crippen LogP contribution in [-0.2, 0) is 14.3 Å². The lowest BCUT2D eigenvalue weighted by Crippen LogP contribution is -2.43. The van der Waals surface area contributed by atoms with Crippen LogP contribution in [0.2, 0.25) is 0 Å². The Balaban J connectivity index is 2.81. The molecule has 416 valence electrons. The van der Waals surface area contributed by atoms with Gasteiger partial charge >= 0.3 is 5.97 Å². The minimum atomic E-state index is -0.0129. The molecule has 1 atom stereocenters. The number of nitrogens with zero attached hydrogens (tertiary/aromatic N) is 4. The van der Waals surface area contributed by atoms with Gasteiger partial charge in [-0.3, -0.25) is 14.5 Å². The maximum Gasteiger partial charge on any atom is 0.305 e. The van der Waals surface area contributed by atoms with Gasteiger partial charge in [0.25, 0.3) is 0 Å². The number of hydrogen-bond acceptors (Lipinski definition) is 6. The summed E-state index contributed by atoms with van der Waals surface area (Å²) >= 11 is 0. The van der Waals surface area contributed by atoms with E-state index in [9.17, 15) is 9.59 Å². The summed E-state index contributed by atoms with van der Waals surface area (Å²) in [6.07, 6.45) is 55.9. The van der Waals surface area contributed by atoms with Crippen molar-refractivity contribution in [3.8, 4) is 0 Å². The smallest absolute Gasteiger partial charge is 0.305 e. The van der Waals surface area contributed by atoms with Crippen LogP contribution in [0.1, 0.15) is 311 Å². The van der Waals surface area contributed by atoms with Crippen LogP contribution in [-0.4, -0.2) is 110 Å². The average molecular weight is 988 g/mol. The summed E-state index contributed by atoms with van der Waals surface area (Å²) < 4.78 is 5.76. The first kappa shape index (κ1) is 66.8. The summed E-state index contributed by atoms with van der Waals surface area (Å²) in [5, 5.41) is 0. The molecule has 1 aliphatic heterocycles. The number of rotatable bonds is 56. The van der Waals surface area contributed by atoms with Gasteiger partial charge in [-0.2, -0.15) is 0 Å². The third-order valence-electron chi connectivity index (χ3n) is 15.7. The largest absolute Gasteiger partial charge is 0.466 e. The monoisotopic (exact) mass is 987 g/mol. The fourth-order valence-electron chi connectivity index (χ4n) is 10.9. The average Bonchev–Trinajstić information content (AvgIpc) is 3.84. The highest BCUT2D eigenvalue weighted by molar-refractivity contribution is 5.78. The number of likely N-dealkylation sites (tertiary alicyclic amines) is 1. The van der Waals surface area contributed by atoms with Gasteiger partial charge in [0.1, 0.15) is 0 Å². The number of ether oxygens (including phenoxy) is 1. The Morgan fingerprint density at radius 3 is 1.13 bits per heavy atom. The molecule has 1 unspecified atom stereocenters. The van der Waals surface area contributed by atoms with E-state index in [2.05, 4.69) is 54.2 Å². The van der Waals surface area contributed by atoms with Crippen molar-refractivity contribution >= 4 is 11.9 Å². The molecule has 70 heavy (non-hydrogen) atoms. The van der Waals surface area contributed by atoms with E-state index in [0.717, 1.165) is 78.0 Å². The number of esters is 1. The Hall–Kier alpha value is -1.18. The maximum absolute atomic E-state index is 14.2. The van der Waals surface area contributed by atoms with Gasteiger partial charge in [-0.15, -0.1) is 0 Å². The summed E-state index contributed by atoms with van der Waals surface area (Å²) in [5.74, 6) is 0.870. The Bertz CT molecular complexity index is 1070. The lowest BCUT2D eigenvalue weighted by molar-refractivity contribution is -0.144. The fraction of sp³-hybridized carbons (Fsp3) is 0.968. The SMILES string of the molecule is CCCCCCCCCCCCCCN(CCCOC(=O)CCCCCCCCC)CC1CCN(C(=O)CN(CCCCCCCCC)CCN(CCCCCCCCC)CCCCCCCCC)C1. The normalized spacial score (nSPS) is 14.1. The van der Waals surface area contributed by atoms with Gasteiger partial charge in [-0.25, -0.2) is 0 Å². The number of carbonyl (C=O) groups is 2. The topological polar surface area (TPSA) is 56.3 Å². The van der Waals surface area contributed by atoms with Crippen molar-refractivity contribution in [1.82, 2.24) is 19.6 Å². The van der Waals surface area contributed by atoms with Crippen molar-refractivity contribution in [1.29, 1.82) is 0 Å². The molecule has 0 N–H and O–H groups in total. The molecule has 0 bridgehead atoms. The van der Waals surface area contributed by atoms with Crippen LogP contribution in [0.15, 0.2) is 0 Å². The second kappa shape index (κ2) is 52.7. The Morgan fingerprint density at radius 2 is 0.714 bits per heavy atom. The van der Waals surface area contributed by atoms with Crippen molar-refractivity contribution in [3.05, 3.63) is 0 Å². The van der Waals surface area contributed by atoms with Gasteiger partial charge in [0.05, 0.1) is 13.2 Å². The number of hydrogen-bond donors (Lipinski definition) is 0. The third-order valence-corrected chi connectivity index (χ3v) is 15.7. The lowest BCUT2D eigenvalue weighted by Gasteiger charge is -2.29. The Morgan fingerprint density at radius 1 is 0.386 bits per heavy atom. The van der Waals surface area contributed by atoms with Crippen LogP contribution >= 0.6 is 0 Å². The molecule has 1 saturated heterocycles. The standard InChI is InChI=1S/C63H126N4O3/c1-6-11-16-21-26-27-28-29-30-35-40-44-51-65(53-46-57-70-63(69)47-41-36-31-22-17-12-7-2)58-61-48-54-67(59-61)62(68)60-66(52-45-39-34-25-20-15-10-5)56-55-64(49-42-37-32-23-18-13-8-3)50-43-38-33-24-19-14-9-4/h61H,6-60H2,1-5H3. The van der Waals surface area contributed by atoms with Gasteiger partial charge in [0, 0.05) is 45.7 Å². The van der Waals surface area contributed by atoms with Crippen molar-refractivity contribution in [2.45, 2.75) is 311 Å². The van der Waals surface area contributed by atoms with Crippen LogP contribution in [0.25, 0.3) is 0 Å². The summed E-state index contributed by atoms with van der Waals surface area (Å²) in [4.78, 5) is 37.0. The van der Waals surface area contributed by atoms with Crippen LogP contribution in [0.4, 0.5) is 0 Å². The molecule has 7 nitrogen and oxygen atoms in total. The number of carbonyl (C=O) groups excluding carboxylic acids is 2. The summed E-state index contributed by atoms with van der Waals surface area (Å²) in [7, 11) is 0. The van der Waals surface area contributed by atoms with Crippen molar-refractivity contribution in [2.24, 2.45) is 5.92 Å². The van der Waals surface area contributed by atoms with Crippen molar-refractivity contribution < 1.29 is 14.3 Å². The van der Waals surface area contributed by atoms with E-state index in [4.69, 9.17) is 4.74 Å². The van der Waals surface area contributed by atoms with Gasteiger partial charge in [0.15, 0.2) is 0 Å². The summed E-state index contributed by atoms with van der Waals surface area (Å²) in [6.45, 7) is 23.2. The molecule has 0 aromatic heterocycles. The highest BCUT2D eigenvalue weighted by Gasteiger charge is 2.28. The molecule has 0 radical (unpaired) electrons. The second-order valence-corrected chi connectivity index (χ2v) is 22.6. The Labute approximate surface area is 439 Å². The van der Waals surface area contributed by atoms with Crippen LogP contribution in [0.3, 0.4) is 0 Å².